The molecule has 4 heteroatoms. The van der Waals surface area contributed by atoms with E-state index in [4.69, 9.17) is 21.1 Å². The topological polar surface area (TPSA) is 30.5 Å². The lowest BCUT2D eigenvalue weighted by molar-refractivity contribution is 0.0808. The first kappa shape index (κ1) is 12.3. The molecule has 1 aromatic rings. The predicted molar refractivity (Wildman–Crippen MR) is 61.4 cm³/mol. The molecule has 1 aromatic carbocycles. The van der Waals surface area contributed by atoms with Crippen LogP contribution in [0.3, 0.4) is 0 Å². The van der Waals surface area contributed by atoms with E-state index in [-0.39, 0.29) is 6.23 Å². The van der Waals surface area contributed by atoms with Gasteiger partial charge in [0.05, 0.1) is 11.6 Å². The Hall–Kier alpha value is -0.770. The highest BCUT2D eigenvalue weighted by Crippen LogP contribution is 2.27. The maximum atomic E-state index is 6.06. The van der Waals surface area contributed by atoms with E-state index in [1.54, 1.807) is 7.11 Å². The molecule has 0 heterocycles. The van der Waals surface area contributed by atoms with Crippen molar-refractivity contribution < 1.29 is 9.47 Å². The fourth-order valence-electron chi connectivity index (χ4n) is 1.37. The zero-order chi connectivity index (χ0) is 11.3. The van der Waals surface area contributed by atoms with Gasteiger partial charge in [0, 0.05) is 7.11 Å². The third-order valence-electron chi connectivity index (χ3n) is 2.06. The molecule has 0 radical (unpaired) electrons. The Balaban J connectivity index is 2.89. The molecule has 15 heavy (non-hydrogen) atoms. The normalized spacial score (nSPS) is 12.5. The van der Waals surface area contributed by atoms with Gasteiger partial charge in [-0.1, -0.05) is 17.7 Å². The summed E-state index contributed by atoms with van der Waals surface area (Å²) in [6, 6.07) is 5.63. The third-order valence-corrected chi connectivity index (χ3v) is 2.35. The van der Waals surface area contributed by atoms with Gasteiger partial charge in [-0.15, -0.1) is 0 Å². The van der Waals surface area contributed by atoms with Gasteiger partial charge in [-0.3, -0.25) is 5.32 Å². The number of hydrogen-bond acceptors (Lipinski definition) is 3. The molecule has 0 aliphatic rings. The quantitative estimate of drug-likeness (QED) is 0.788. The largest absolute Gasteiger partial charge is 0.492 e. The summed E-state index contributed by atoms with van der Waals surface area (Å²) in [7, 11) is 3.48. The Labute approximate surface area is 95.3 Å². The molecule has 1 atom stereocenters. The van der Waals surface area contributed by atoms with Crippen LogP contribution in [0.15, 0.2) is 18.2 Å². The molecule has 1 unspecified atom stereocenters. The molecule has 0 aliphatic heterocycles. The molecule has 1 N–H and O–H groups in total. The van der Waals surface area contributed by atoms with Crippen LogP contribution in [0.4, 0.5) is 0 Å². The van der Waals surface area contributed by atoms with E-state index >= 15 is 0 Å². The van der Waals surface area contributed by atoms with Crippen molar-refractivity contribution in [3.8, 4) is 5.75 Å². The smallest absolute Gasteiger partial charge is 0.137 e. The van der Waals surface area contributed by atoms with Gasteiger partial charge in [0.1, 0.15) is 12.0 Å². The summed E-state index contributed by atoms with van der Waals surface area (Å²) >= 11 is 6.06. The highest BCUT2D eigenvalue weighted by Gasteiger charge is 2.10. The number of nitrogens with one attached hydrogen (secondary N) is 1. The van der Waals surface area contributed by atoms with Crippen LogP contribution in [0.25, 0.3) is 0 Å². The highest BCUT2D eigenvalue weighted by molar-refractivity contribution is 6.32. The maximum Gasteiger partial charge on any atom is 0.137 e. The van der Waals surface area contributed by atoms with Crippen LogP contribution < -0.4 is 10.1 Å². The van der Waals surface area contributed by atoms with Crippen molar-refractivity contribution in [2.45, 2.75) is 13.2 Å². The van der Waals surface area contributed by atoms with Crippen molar-refractivity contribution in [1.82, 2.24) is 5.32 Å². The lowest BCUT2D eigenvalue weighted by Crippen LogP contribution is -2.17. The molecule has 0 spiro atoms. The second kappa shape index (κ2) is 5.95. The van der Waals surface area contributed by atoms with Gasteiger partial charge in [0.15, 0.2) is 0 Å². The number of halogens is 1. The minimum Gasteiger partial charge on any atom is -0.492 e. The number of methoxy groups -OCH3 is 1. The summed E-state index contributed by atoms with van der Waals surface area (Å²) in [5.74, 6) is 0.703. The van der Waals surface area contributed by atoms with Crippen LogP contribution in [0, 0.1) is 0 Å². The van der Waals surface area contributed by atoms with Gasteiger partial charge < -0.3 is 9.47 Å². The molecular weight excluding hydrogens is 214 g/mol. The van der Waals surface area contributed by atoms with Crippen LogP contribution in [0.2, 0.25) is 5.02 Å². The second-order valence-electron chi connectivity index (χ2n) is 3.03. The Morgan fingerprint density at radius 3 is 2.67 bits per heavy atom. The molecular formula is C11H16ClNO2. The van der Waals surface area contributed by atoms with E-state index < -0.39 is 0 Å². The number of benzene rings is 1. The predicted octanol–water partition coefficient (Wildman–Crippen LogP) is 2.60. The van der Waals surface area contributed by atoms with Crippen LogP contribution in [-0.4, -0.2) is 20.8 Å². The Kier molecular flexibility index (Phi) is 4.88. The fraction of sp³-hybridized carbons (Fsp3) is 0.455. The third kappa shape index (κ3) is 3.09. The monoisotopic (exact) mass is 229 g/mol. The summed E-state index contributed by atoms with van der Waals surface area (Å²) in [4.78, 5) is 0. The van der Waals surface area contributed by atoms with E-state index in [1.807, 2.05) is 32.2 Å². The van der Waals surface area contributed by atoms with E-state index in [0.29, 0.717) is 17.4 Å². The molecule has 0 aromatic heterocycles. The molecule has 0 saturated carbocycles. The number of ether oxygens (including phenoxy) is 2. The van der Waals surface area contributed by atoms with Crippen LogP contribution in [0.5, 0.6) is 5.75 Å². The van der Waals surface area contributed by atoms with Crippen LogP contribution in [0.1, 0.15) is 18.7 Å². The first-order valence-electron chi connectivity index (χ1n) is 4.85. The average Bonchev–Trinajstić information content (AvgIpc) is 2.24. The lowest BCUT2D eigenvalue weighted by Gasteiger charge is -2.15. The Morgan fingerprint density at radius 2 is 2.20 bits per heavy atom. The summed E-state index contributed by atoms with van der Waals surface area (Å²) in [5.41, 5.74) is 0.980. The summed E-state index contributed by atoms with van der Waals surface area (Å²) in [5, 5.41) is 3.63. The minimum absolute atomic E-state index is 0.141. The van der Waals surface area contributed by atoms with Gasteiger partial charge in [0.2, 0.25) is 0 Å². The summed E-state index contributed by atoms with van der Waals surface area (Å²) in [6.45, 7) is 2.54. The molecule has 3 nitrogen and oxygen atoms in total. The SMILES string of the molecule is CCOc1ccc(C(NC)OC)cc1Cl. The first-order valence-corrected chi connectivity index (χ1v) is 5.23. The molecule has 0 saturated heterocycles. The molecule has 1 rings (SSSR count). The molecule has 84 valence electrons. The van der Waals surface area contributed by atoms with Crippen molar-refractivity contribution in [2.24, 2.45) is 0 Å². The van der Waals surface area contributed by atoms with Gasteiger partial charge in [-0.2, -0.15) is 0 Å². The van der Waals surface area contributed by atoms with Crippen LogP contribution >= 0.6 is 11.6 Å². The average molecular weight is 230 g/mol. The highest BCUT2D eigenvalue weighted by atomic mass is 35.5. The van der Waals surface area contributed by atoms with Crippen LogP contribution in [-0.2, 0) is 4.74 Å². The van der Waals surface area contributed by atoms with E-state index in [1.165, 1.54) is 0 Å². The van der Waals surface area contributed by atoms with Crippen molar-refractivity contribution in [1.29, 1.82) is 0 Å². The zero-order valence-electron chi connectivity index (χ0n) is 9.21. The maximum absolute atomic E-state index is 6.06. The molecule has 0 amide bonds. The summed E-state index contributed by atoms with van der Waals surface area (Å²) < 4.78 is 10.6. The van der Waals surface area contributed by atoms with Gasteiger partial charge >= 0.3 is 0 Å². The van der Waals surface area contributed by atoms with Crippen molar-refractivity contribution in [2.75, 3.05) is 20.8 Å². The van der Waals surface area contributed by atoms with Crippen molar-refractivity contribution in [3.05, 3.63) is 28.8 Å². The van der Waals surface area contributed by atoms with Crippen molar-refractivity contribution >= 4 is 11.6 Å². The molecule has 0 fully saturated rings. The minimum atomic E-state index is -0.141. The second-order valence-corrected chi connectivity index (χ2v) is 3.43. The summed E-state index contributed by atoms with van der Waals surface area (Å²) in [6.07, 6.45) is -0.141. The standard InChI is InChI=1S/C11H16ClNO2/c1-4-15-10-6-5-8(7-9(10)12)11(13-2)14-3/h5-7,11,13H,4H2,1-3H3. The van der Waals surface area contributed by atoms with Crippen molar-refractivity contribution in [3.63, 3.8) is 0 Å². The van der Waals surface area contributed by atoms with E-state index in [2.05, 4.69) is 5.32 Å². The first-order chi connectivity index (χ1) is 7.22. The number of hydrogen-bond donors (Lipinski definition) is 1. The van der Waals surface area contributed by atoms with E-state index in [0.717, 1.165) is 5.56 Å². The lowest BCUT2D eigenvalue weighted by atomic mass is 10.2. The Bertz CT molecular complexity index is 313. The fourth-order valence-corrected chi connectivity index (χ4v) is 1.62. The number of rotatable bonds is 5. The molecule has 0 bridgehead atoms. The zero-order valence-corrected chi connectivity index (χ0v) is 9.97. The van der Waals surface area contributed by atoms with Gasteiger partial charge in [-0.25, -0.2) is 0 Å². The Morgan fingerprint density at radius 1 is 1.47 bits per heavy atom. The van der Waals surface area contributed by atoms with E-state index in [9.17, 15) is 0 Å². The van der Waals surface area contributed by atoms with Gasteiger partial charge in [0.25, 0.3) is 0 Å². The molecule has 0 aliphatic carbocycles. The van der Waals surface area contributed by atoms with Gasteiger partial charge in [-0.05, 0) is 31.7 Å².